The largest absolute Gasteiger partial charge is 0.326 e. The maximum atomic E-state index is 14.0. The van der Waals surface area contributed by atoms with Crippen molar-refractivity contribution in [3.63, 3.8) is 0 Å². The average molecular weight is 542 g/mol. The zero-order chi connectivity index (χ0) is 24.9. The number of halogens is 1. The van der Waals surface area contributed by atoms with Gasteiger partial charge in [0.05, 0.1) is 16.1 Å². The highest BCUT2D eigenvalue weighted by Gasteiger charge is 2.50. The third-order valence-electron chi connectivity index (χ3n) is 6.50. The summed E-state index contributed by atoms with van der Waals surface area (Å²) in [4.78, 5) is 11.5. The molecule has 3 aromatic carbocycles. The molecule has 0 spiro atoms. The molecule has 34 heavy (non-hydrogen) atoms. The quantitative estimate of drug-likeness (QED) is 0.416. The predicted octanol–water partition coefficient (Wildman–Crippen LogP) is 6.40. The van der Waals surface area contributed by atoms with Crippen molar-refractivity contribution >= 4 is 43.2 Å². The van der Waals surface area contributed by atoms with Crippen LogP contribution in [-0.2, 0) is 20.2 Å². The molecule has 7 heteroatoms. The first-order chi connectivity index (χ1) is 15.8. The fourth-order valence-corrected chi connectivity index (χ4v) is 7.26. The van der Waals surface area contributed by atoms with Crippen LogP contribution in [0.2, 0.25) is 0 Å². The average Bonchev–Trinajstić information content (AvgIpc) is 2.74. The summed E-state index contributed by atoms with van der Waals surface area (Å²) in [6.07, 6.45) is 0.612. The Balaban J connectivity index is 1.88. The molecule has 0 saturated heterocycles. The minimum atomic E-state index is -3.87. The van der Waals surface area contributed by atoms with Crippen LogP contribution in [0, 0.1) is 6.92 Å². The molecule has 0 saturated carbocycles. The maximum absolute atomic E-state index is 14.0. The van der Waals surface area contributed by atoms with Gasteiger partial charge in [0, 0.05) is 22.5 Å². The van der Waals surface area contributed by atoms with E-state index >= 15 is 0 Å². The summed E-state index contributed by atoms with van der Waals surface area (Å²) >= 11 is 3.52. The van der Waals surface area contributed by atoms with E-state index in [0.717, 1.165) is 21.2 Å². The number of hydrogen-bond acceptors (Lipinski definition) is 3. The van der Waals surface area contributed by atoms with E-state index in [4.69, 9.17) is 0 Å². The highest BCUT2D eigenvalue weighted by Crippen LogP contribution is 2.52. The van der Waals surface area contributed by atoms with E-state index in [1.807, 2.05) is 45.0 Å². The topological polar surface area (TPSA) is 66.5 Å². The van der Waals surface area contributed by atoms with Crippen LogP contribution in [0.3, 0.4) is 0 Å². The van der Waals surface area contributed by atoms with Crippen molar-refractivity contribution in [1.29, 1.82) is 0 Å². The highest BCUT2D eigenvalue weighted by atomic mass is 79.9. The molecule has 3 aromatic rings. The lowest BCUT2D eigenvalue weighted by Crippen LogP contribution is -2.55. The molecule has 4 rings (SSSR count). The third-order valence-corrected chi connectivity index (χ3v) is 9.06. The van der Waals surface area contributed by atoms with Crippen LogP contribution in [0.4, 0.5) is 11.4 Å². The molecular weight excluding hydrogens is 512 g/mol. The van der Waals surface area contributed by atoms with Gasteiger partial charge in [-0.25, -0.2) is 8.42 Å². The smallest absolute Gasteiger partial charge is 0.264 e. The summed E-state index contributed by atoms with van der Waals surface area (Å²) in [5.74, 6) is -0.204. The van der Waals surface area contributed by atoms with Crippen LogP contribution in [0.1, 0.15) is 50.8 Å². The van der Waals surface area contributed by atoms with Gasteiger partial charge in [-0.2, -0.15) is 0 Å². The Bertz CT molecular complexity index is 1350. The number of carbonyl (C=O) groups is 1. The molecule has 5 nitrogen and oxygen atoms in total. The first kappa shape index (κ1) is 24.5. The summed E-state index contributed by atoms with van der Waals surface area (Å²) in [5, 5.41) is 2.68. The number of carbonyl (C=O) groups excluding carboxylic acids is 1. The molecule has 1 N–H and O–H groups in total. The number of benzene rings is 3. The number of amides is 1. The van der Waals surface area contributed by atoms with E-state index in [2.05, 4.69) is 46.4 Å². The van der Waals surface area contributed by atoms with E-state index in [9.17, 15) is 13.2 Å². The number of rotatable bonds is 4. The van der Waals surface area contributed by atoms with E-state index < -0.39 is 15.6 Å². The van der Waals surface area contributed by atoms with Gasteiger partial charge < -0.3 is 5.32 Å². The molecule has 1 atom stereocenters. The number of anilines is 2. The molecule has 178 valence electrons. The van der Waals surface area contributed by atoms with Gasteiger partial charge in [0.1, 0.15) is 0 Å². The number of aryl methyl sites for hydroxylation is 1. The Kier molecular flexibility index (Phi) is 6.15. The minimum Gasteiger partial charge on any atom is -0.326 e. The van der Waals surface area contributed by atoms with Crippen LogP contribution < -0.4 is 9.62 Å². The zero-order valence-corrected chi connectivity index (χ0v) is 22.4. The molecule has 0 aliphatic carbocycles. The van der Waals surface area contributed by atoms with Crippen LogP contribution in [0.25, 0.3) is 0 Å². The van der Waals surface area contributed by atoms with Crippen molar-refractivity contribution in [3.8, 4) is 0 Å². The standard InChI is InChI=1S/C27H29BrN2O3S/c1-18-6-15-25-24(16-18)27(5,20-7-9-21(28)10-8-20)17-26(3,4)30(25)34(32,33)23-13-11-22(12-14-23)29-19(2)31/h6-16H,17H2,1-5H3,(H,29,31). The lowest BCUT2D eigenvalue weighted by molar-refractivity contribution is -0.114. The van der Waals surface area contributed by atoms with Gasteiger partial charge in [-0.1, -0.05) is 52.7 Å². The highest BCUT2D eigenvalue weighted by molar-refractivity contribution is 9.10. The minimum absolute atomic E-state index is 0.188. The molecular formula is C27H29BrN2O3S. The summed E-state index contributed by atoms with van der Waals surface area (Å²) in [6, 6.07) is 20.6. The first-order valence-electron chi connectivity index (χ1n) is 11.1. The van der Waals surface area contributed by atoms with Crippen LogP contribution >= 0.6 is 15.9 Å². The van der Waals surface area contributed by atoms with Crippen molar-refractivity contribution in [2.24, 2.45) is 0 Å². The van der Waals surface area contributed by atoms with Crippen LogP contribution in [-0.4, -0.2) is 19.9 Å². The van der Waals surface area contributed by atoms with Crippen molar-refractivity contribution in [3.05, 3.63) is 87.9 Å². The second-order valence-corrected chi connectivity index (χ2v) is 12.5. The Morgan fingerprint density at radius 2 is 1.59 bits per heavy atom. The Morgan fingerprint density at radius 1 is 0.971 bits per heavy atom. The molecule has 0 radical (unpaired) electrons. The number of fused-ring (bicyclic) bond motifs is 1. The van der Waals surface area contributed by atoms with E-state index in [0.29, 0.717) is 17.8 Å². The summed E-state index contributed by atoms with van der Waals surface area (Å²) in [6.45, 7) is 9.61. The number of nitrogens with zero attached hydrogens (tertiary/aromatic N) is 1. The molecule has 0 bridgehead atoms. The number of nitrogens with one attached hydrogen (secondary N) is 1. The van der Waals surface area contributed by atoms with Gasteiger partial charge in [-0.15, -0.1) is 0 Å². The number of hydrogen-bond donors (Lipinski definition) is 1. The molecule has 1 unspecified atom stereocenters. The molecule has 1 aliphatic heterocycles. The van der Waals surface area contributed by atoms with Crippen molar-refractivity contribution in [2.75, 3.05) is 9.62 Å². The van der Waals surface area contributed by atoms with Crippen molar-refractivity contribution in [1.82, 2.24) is 0 Å². The molecule has 0 aromatic heterocycles. The lowest BCUT2D eigenvalue weighted by atomic mass is 9.66. The predicted molar refractivity (Wildman–Crippen MR) is 141 cm³/mol. The Hall–Kier alpha value is -2.64. The summed E-state index contributed by atoms with van der Waals surface area (Å²) < 4.78 is 30.6. The van der Waals surface area contributed by atoms with Gasteiger partial charge in [0.15, 0.2) is 0 Å². The fourth-order valence-electron chi connectivity index (χ4n) is 5.18. The SMILES string of the molecule is CC(=O)Nc1ccc(S(=O)(=O)N2c3ccc(C)cc3C(C)(c3ccc(Br)cc3)CC2(C)C)cc1. The van der Waals surface area contributed by atoms with Gasteiger partial charge in [-0.3, -0.25) is 9.10 Å². The Morgan fingerprint density at radius 3 is 2.18 bits per heavy atom. The van der Waals surface area contributed by atoms with Crippen LogP contribution in [0.5, 0.6) is 0 Å². The normalized spacial score (nSPS) is 19.4. The molecule has 1 heterocycles. The van der Waals surface area contributed by atoms with Gasteiger partial charge >= 0.3 is 0 Å². The lowest BCUT2D eigenvalue weighted by Gasteiger charge is -2.51. The summed E-state index contributed by atoms with van der Waals surface area (Å²) in [7, 11) is -3.87. The van der Waals surface area contributed by atoms with E-state index in [1.54, 1.807) is 28.6 Å². The Labute approximate surface area is 210 Å². The van der Waals surface area contributed by atoms with Gasteiger partial charge in [0.25, 0.3) is 10.0 Å². The van der Waals surface area contributed by atoms with Crippen molar-refractivity contribution in [2.45, 2.75) is 56.9 Å². The first-order valence-corrected chi connectivity index (χ1v) is 13.4. The second-order valence-electron chi connectivity index (χ2n) is 9.82. The third kappa shape index (κ3) is 4.27. The summed E-state index contributed by atoms with van der Waals surface area (Å²) in [5.41, 5.74) is 3.41. The number of sulfonamides is 1. The van der Waals surface area contributed by atoms with E-state index in [-0.39, 0.29) is 16.2 Å². The van der Waals surface area contributed by atoms with Crippen molar-refractivity contribution < 1.29 is 13.2 Å². The van der Waals surface area contributed by atoms with Gasteiger partial charge in [-0.05, 0) is 80.8 Å². The van der Waals surface area contributed by atoms with Gasteiger partial charge in [0.2, 0.25) is 5.91 Å². The van der Waals surface area contributed by atoms with Crippen LogP contribution in [0.15, 0.2) is 76.1 Å². The van der Waals surface area contributed by atoms with E-state index in [1.165, 1.54) is 6.92 Å². The molecule has 1 amide bonds. The second kappa shape index (κ2) is 8.54. The molecule has 0 fully saturated rings. The monoisotopic (exact) mass is 540 g/mol. The molecule has 1 aliphatic rings. The fraction of sp³-hybridized carbons (Fsp3) is 0.296. The zero-order valence-electron chi connectivity index (χ0n) is 20.0. The maximum Gasteiger partial charge on any atom is 0.264 e.